The molecule has 3 rings (SSSR count). The molecule has 0 bridgehead atoms. The van der Waals surface area contributed by atoms with E-state index in [1.165, 1.54) is 17.0 Å². The third kappa shape index (κ3) is 5.05. The van der Waals surface area contributed by atoms with Crippen LogP contribution >= 0.6 is 0 Å². The largest absolute Gasteiger partial charge is 0.495 e. The lowest BCUT2D eigenvalue weighted by Gasteiger charge is -2.19. The zero-order valence-electron chi connectivity index (χ0n) is 18.3. The van der Waals surface area contributed by atoms with Gasteiger partial charge < -0.3 is 14.6 Å². The van der Waals surface area contributed by atoms with E-state index in [1.807, 2.05) is 38.1 Å². The number of anilines is 1. The van der Waals surface area contributed by atoms with Gasteiger partial charge in [0.1, 0.15) is 5.75 Å². The number of nitrogens with zero attached hydrogens (tertiary/aromatic N) is 3. The summed E-state index contributed by atoms with van der Waals surface area (Å²) in [5.74, 6) is 1.41. The van der Waals surface area contributed by atoms with Crippen LogP contribution in [0, 0.1) is 0 Å². The third-order valence-corrected chi connectivity index (χ3v) is 7.08. The number of aryl methyl sites for hydroxylation is 1. The fourth-order valence-electron chi connectivity index (χ4n) is 3.20. The van der Waals surface area contributed by atoms with Gasteiger partial charge in [-0.25, -0.2) is 8.42 Å². The van der Waals surface area contributed by atoms with Crippen molar-refractivity contribution in [3.63, 3.8) is 0 Å². The number of hydrogen-bond donors (Lipinski definition) is 1. The van der Waals surface area contributed by atoms with Gasteiger partial charge in [0, 0.05) is 18.7 Å². The molecule has 0 spiro atoms. The van der Waals surface area contributed by atoms with Gasteiger partial charge in [-0.3, -0.25) is 0 Å². The Kier molecular flexibility index (Phi) is 7.29. The molecule has 166 valence electrons. The lowest BCUT2D eigenvalue weighted by molar-refractivity contribution is 0.383. The van der Waals surface area contributed by atoms with Crippen molar-refractivity contribution in [3.05, 3.63) is 53.9 Å². The van der Waals surface area contributed by atoms with Gasteiger partial charge in [-0.2, -0.15) is 9.29 Å². The Balaban J connectivity index is 1.79. The maximum Gasteiger partial charge on any atom is 0.246 e. The number of sulfonamides is 1. The average molecular weight is 445 g/mol. The van der Waals surface area contributed by atoms with Crippen LogP contribution in [0.2, 0.25) is 0 Å². The lowest BCUT2D eigenvalue weighted by atomic mass is 10.1. The van der Waals surface area contributed by atoms with Crippen molar-refractivity contribution in [1.82, 2.24) is 14.4 Å². The number of aromatic nitrogens is 2. The van der Waals surface area contributed by atoms with Gasteiger partial charge in [-0.15, -0.1) is 0 Å². The maximum absolute atomic E-state index is 12.8. The molecular weight excluding hydrogens is 416 g/mol. The first-order valence-electron chi connectivity index (χ1n) is 10.3. The van der Waals surface area contributed by atoms with Crippen molar-refractivity contribution < 1.29 is 17.7 Å². The van der Waals surface area contributed by atoms with Crippen molar-refractivity contribution in [1.29, 1.82) is 0 Å². The van der Waals surface area contributed by atoms with E-state index < -0.39 is 10.0 Å². The standard InChI is InChI=1S/C22H28N4O4S/c1-5-16-8-10-17(11-9-16)22-24-21(30-25-22)15-23-19-14-18(12-13-20(19)29-4)31(27,28)26(6-2)7-3/h8-14,23H,5-7,15H2,1-4H3. The van der Waals surface area contributed by atoms with Crippen LogP contribution in [-0.2, 0) is 23.0 Å². The Bertz CT molecular complexity index is 1110. The zero-order chi connectivity index (χ0) is 22.4. The van der Waals surface area contributed by atoms with Crippen molar-refractivity contribution in [2.45, 2.75) is 38.6 Å². The number of hydrogen-bond acceptors (Lipinski definition) is 7. The molecule has 0 radical (unpaired) electrons. The maximum atomic E-state index is 12.8. The fourth-order valence-corrected chi connectivity index (χ4v) is 4.69. The Labute approximate surface area is 183 Å². The fraction of sp³-hybridized carbons (Fsp3) is 0.364. The van der Waals surface area contributed by atoms with Crippen LogP contribution in [0.1, 0.15) is 32.2 Å². The quantitative estimate of drug-likeness (QED) is 0.506. The van der Waals surface area contributed by atoms with Crippen LogP contribution in [0.25, 0.3) is 11.4 Å². The molecule has 31 heavy (non-hydrogen) atoms. The normalized spacial score (nSPS) is 11.6. The molecule has 0 amide bonds. The van der Waals surface area contributed by atoms with E-state index in [4.69, 9.17) is 9.26 Å². The lowest BCUT2D eigenvalue weighted by Crippen LogP contribution is -2.30. The topological polar surface area (TPSA) is 97.6 Å². The monoisotopic (exact) mass is 444 g/mol. The van der Waals surface area contributed by atoms with E-state index in [1.54, 1.807) is 18.2 Å². The molecule has 0 aliphatic heterocycles. The molecule has 1 aromatic heterocycles. The van der Waals surface area contributed by atoms with Crippen molar-refractivity contribution >= 4 is 15.7 Å². The molecule has 0 fully saturated rings. The average Bonchev–Trinajstić information content (AvgIpc) is 3.27. The Morgan fingerprint density at radius 1 is 1.06 bits per heavy atom. The second-order valence-electron chi connectivity index (χ2n) is 6.87. The first-order valence-corrected chi connectivity index (χ1v) is 11.7. The predicted molar refractivity (Wildman–Crippen MR) is 120 cm³/mol. The summed E-state index contributed by atoms with van der Waals surface area (Å²) in [6.07, 6.45) is 0.965. The summed E-state index contributed by atoms with van der Waals surface area (Å²) in [5, 5.41) is 7.19. The molecule has 2 aromatic carbocycles. The molecule has 9 heteroatoms. The highest BCUT2D eigenvalue weighted by Gasteiger charge is 2.23. The number of rotatable bonds is 10. The second-order valence-corrected chi connectivity index (χ2v) is 8.81. The number of nitrogens with one attached hydrogen (secondary N) is 1. The number of methoxy groups -OCH3 is 1. The van der Waals surface area contributed by atoms with Gasteiger partial charge in [0.15, 0.2) is 0 Å². The van der Waals surface area contributed by atoms with E-state index in [0.29, 0.717) is 36.2 Å². The zero-order valence-corrected chi connectivity index (χ0v) is 19.1. The summed E-state index contributed by atoms with van der Waals surface area (Å²) in [6, 6.07) is 12.7. The molecule has 0 aliphatic rings. The first-order chi connectivity index (χ1) is 14.9. The Hall–Kier alpha value is -2.91. The summed E-state index contributed by atoms with van der Waals surface area (Å²) < 4.78 is 37.8. The van der Waals surface area contributed by atoms with Crippen LogP contribution in [0.15, 0.2) is 51.9 Å². The number of benzene rings is 2. The highest BCUT2D eigenvalue weighted by Crippen LogP contribution is 2.29. The summed E-state index contributed by atoms with van der Waals surface area (Å²) in [4.78, 5) is 4.62. The van der Waals surface area contributed by atoms with E-state index in [9.17, 15) is 8.42 Å². The molecule has 1 N–H and O–H groups in total. The first kappa shape index (κ1) is 22.8. The molecule has 0 unspecified atom stereocenters. The van der Waals surface area contributed by atoms with Gasteiger partial charge in [0.25, 0.3) is 0 Å². The Morgan fingerprint density at radius 2 is 1.77 bits per heavy atom. The summed E-state index contributed by atoms with van der Waals surface area (Å²) in [6.45, 7) is 6.75. The van der Waals surface area contributed by atoms with Crippen LogP contribution < -0.4 is 10.1 Å². The van der Waals surface area contributed by atoms with Crippen molar-refractivity contribution in [2.24, 2.45) is 0 Å². The van der Waals surface area contributed by atoms with E-state index in [0.717, 1.165) is 12.0 Å². The smallest absolute Gasteiger partial charge is 0.246 e. The molecule has 0 saturated heterocycles. The minimum atomic E-state index is -3.58. The van der Waals surface area contributed by atoms with Gasteiger partial charge in [-0.05, 0) is 30.2 Å². The molecule has 0 atom stereocenters. The van der Waals surface area contributed by atoms with Crippen LogP contribution in [0.3, 0.4) is 0 Å². The summed E-state index contributed by atoms with van der Waals surface area (Å²) >= 11 is 0. The van der Waals surface area contributed by atoms with E-state index >= 15 is 0 Å². The van der Waals surface area contributed by atoms with Gasteiger partial charge in [0.2, 0.25) is 21.7 Å². The minimum absolute atomic E-state index is 0.196. The van der Waals surface area contributed by atoms with Crippen molar-refractivity contribution in [3.8, 4) is 17.1 Å². The second kappa shape index (κ2) is 9.93. The van der Waals surface area contributed by atoms with E-state index in [-0.39, 0.29) is 11.4 Å². The summed E-state index contributed by atoms with van der Waals surface area (Å²) in [5.41, 5.74) is 2.64. The van der Waals surface area contributed by atoms with Crippen LogP contribution in [0.5, 0.6) is 5.75 Å². The third-order valence-electron chi connectivity index (χ3n) is 5.03. The predicted octanol–water partition coefficient (Wildman–Crippen LogP) is 3.95. The number of ether oxygens (including phenoxy) is 1. The van der Waals surface area contributed by atoms with Crippen LogP contribution in [0.4, 0.5) is 5.69 Å². The molecule has 8 nitrogen and oxygen atoms in total. The molecule has 1 heterocycles. The minimum Gasteiger partial charge on any atom is -0.495 e. The van der Waals surface area contributed by atoms with Crippen molar-refractivity contribution in [2.75, 3.05) is 25.5 Å². The molecule has 3 aromatic rings. The van der Waals surface area contributed by atoms with Gasteiger partial charge in [-0.1, -0.05) is 50.2 Å². The highest BCUT2D eigenvalue weighted by molar-refractivity contribution is 7.89. The SMILES string of the molecule is CCc1ccc(-c2noc(CNc3cc(S(=O)(=O)N(CC)CC)ccc3OC)n2)cc1. The highest BCUT2D eigenvalue weighted by atomic mass is 32.2. The molecule has 0 aliphatic carbocycles. The van der Waals surface area contributed by atoms with E-state index in [2.05, 4.69) is 22.4 Å². The van der Waals surface area contributed by atoms with Crippen LogP contribution in [-0.4, -0.2) is 43.1 Å². The van der Waals surface area contributed by atoms with Gasteiger partial charge >= 0.3 is 0 Å². The van der Waals surface area contributed by atoms with Gasteiger partial charge in [0.05, 0.1) is 24.2 Å². The summed E-state index contributed by atoms with van der Waals surface area (Å²) in [7, 11) is -2.05. The molecular formula is C22H28N4O4S. The Morgan fingerprint density at radius 3 is 2.39 bits per heavy atom. The molecule has 0 saturated carbocycles.